The normalized spacial score (nSPS) is 18.3. The van der Waals surface area contributed by atoms with Crippen molar-refractivity contribution in [3.8, 4) is 0 Å². The first-order chi connectivity index (χ1) is 8.87. The molecule has 0 saturated carbocycles. The van der Waals surface area contributed by atoms with Gasteiger partial charge in [0.15, 0.2) is 0 Å². The molecule has 19 heavy (non-hydrogen) atoms. The molecule has 2 N–H and O–H groups in total. The number of nitrogens with one attached hydrogen (secondary N) is 2. The van der Waals surface area contributed by atoms with Gasteiger partial charge in [0.05, 0.1) is 5.41 Å². The molecule has 0 aliphatic carbocycles. The van der Waals surface area contributed by atoms with Gasteiger partial charge in [-0.05, 0) is 49.9 Å². The van der Waals surface area contributed by atoms with Crippen LogP contribution in [0.3, 0.4) is 0 Å². The largest absolute Gasteiger partial charge is 0.325 e. The maximum atomic E-state index is 12.0. The van der Waals surface area contributed by atoms with E-state index >= 15 is 0 Å². The second kappa shape index (κ2) is 4.97. The Morgan fingerprint density at radius 3 is 2.58 bits per heavy atom. The average molecular weight is 260 g/mol. The Bertz CT molecular complexity index is 492. The van der Waals surface area contributed by atoms with Crippen LogP contribution in [0.5, 0.6) is 0 Å². The molecule has 3 nitrogen and oxygen atoms in total. The van der Waals surface area contributed by atoms with E-state index in [2.05, 4.69) is 36.6 Å². The smallest absolute Gasteiger partial charge is 0.234 e. The van der Waals surface area contributed by atoms with Gasteiger partial charge in [0, 0.05) is 12.2 Å². The fourth-order valence-corrected chi connectivity index (χ4v) is 2.78. The molecule has 3 heteroatoms. The highest BCUT2D eigenvalue weighted by Crippen LogP contribution is 2.39. The average Bonchev–Trinajstić information content (AvgIpc) is 2.57. The summed E-state index contributed by atoms with van der Waals surface area (Å²) in [6.07, 6.45) is 0. The fraction of sp³-hybridized carbons (Fsp3) is 0.562. The minimum atomic E-state index is -0.424. The fourth-order valence-electron chi connectivity index (χ4n) is 2.78. The highest BCUT2D eigenvalue weighted by molar-refractivity contribution is 6.05. The first kappa shape index (κ1) is 14.1. The maximum Gasteiger partial charge on any atom is 0.234 e. The Hall–Kier alpha value is -1.35. The van der Waals surface area contributed by atoms with Gasteiger partial charge < -0.3 is 10.6 Å². The molecule has 0 saturated heterocycles. The second-order valence-electron chi connectivity index (χ2n) is 6.29. The number of rotatable bonds is 4. The molecular weight excluding hydrogens is 236 g/mol. The van der Waals surface area contributed by atoms with E-state index in [1.807, 2.05) is 27.0 Å². The topological polar surface area (TPSA) is 41.1 Å². The molecule has 1 aliphatic rings. The van der Waals surface area contributed by atoms with Gasteiger partial charge in [-0.1, -0.05) is 26.0 Å². The van der Waals surface area contributed by atoms with E-state index in [1.165, 1.54) is 5.56 Å². The van der Waals surface area contributed by atoms with Crippen LogP contribution in [0.4, 0.5) is 5.69 Å². The molecule has 1 unspecified atom stereocenters. The molecule has 0 bridgehead atoms. The van der Waals surface area contributed by atoms with Gasteiger partial charge in [-0.2, -0.15) is 0 Å². The van der Waals surface area contributed by atoms with Crippen LogP contribution >= 0.6 is 0 Å². The lowest BCUT2D eigenvalue weighted by Gasteiger charge is -2.23. The van der Waals surface area contributed by atoms with Gasteiger partial charge in [-0.3, -0.25) is 4.79 Å². The Morgan fingerprint density at radius 1 is 1.32 bits per heavy atom. The standard InChI is InChI=1S/C16H24N2O/c1-10(2)12(9-17-5)11-6-7-14-13(8-11)16(3,4)15(19)18-14/h6-8,10,12,17H,9H2,1-5H3,(H,18,19). The van der Waals surface area contributed by atoms with Crippen LogP contribution in [0.15, 0.2) is 18.2 Å². The van der Waals surface area contributed by atoms with Crippen LogP contribution in [-0.4, -0.2) is 19.5 Å². The van der Waals surface area contributed by atoms with Crippen LogP contribution in [0.2, 0.25) is 0 Å². The third-order valence-corrected chi connectivity index (χ3v) is 4.19. The van der Waals surface area contributed by atoms with E-state index in [4.69, 9.17) is 0 Å². The molecule has 0 fully saturated rings. The Labute approximate surface area is 115 Å². The van der Waals surface area contributed by atoms with E-state index in [1.54, 1.807) is 0 Å². The summed E-state index contributed by atoms with van der Waals surface area (Å²) in [6.45, 7) is 9.41. The summed E-state index contributed by atoms with van der Waals surface area (Å²) in [5.41, 5.74) is 2.97. The third-order valence-electron chi connectivity index (χ3n) is 4.19. The number of fused-ring (bicyclic) bond motifs is 1. The summed E-state index contributed by atoms with van der Waals surface area (Å²) in [6, 6.07) is 6.39. The van der Waals surface area contributed by atoms with E-state index in [9.17, 15) is 4.79 Å². The highest BCUT2D eigenvalue weighted by Gasteiger charge is 2.38. The van der Waals surface area contributed by atoms with Gasteiger partial charge in [-0.15, -0.1) is 0 Å². The number of carbonyl (C=O) groups excluding carboxylic acids is 1. The van der Waals surface area contributed by atoms with Crippen LogP contribution in [0.1, 0.15) is 44.7 Å². The Morgan fingerprint density at radius 2 is 2.00 bits per heavy atom. The third kappa shape index (κ3) is 2.39. The lowest BCUT2D eigenvalue weighted by Crippen LogP contribution is -2.27. The molecule has 1 aromatic carbocycles. The number of amides is 1. The maximum absolute atomic E-state index is 12.0. The van der Waals surface area contributed by atoms with Gasteiger partial charge in [0.25, 0.3) is 0 Å². The van der Waals surface area contributed by atoms with Crippen molar-refractivity contribution in [1.82, 2.24) is 5.32 Å². The summed E-state index contributed by atoms with van der Waals surface area (Å²) in [7, 11) is 1.98. The summed E-state index contributed by atoms with van der Waals surface area (Å²) in [5.74, 6) is 1.13. The monoisotopic (exact) mass is 260 g/mol. The lowest BCUT2D eigenvalue weighted by molar-refractivity contribution is -0.119. The molecule has 1 atom stereocenters. The molecule has 1 heterocycles. The van der Waals surface area contributed by atoms with Crippen molar-refractivity contribution in [2.24, 2.45) is 5.92 Å². The predicted octanol–water partition coefficient (Wildman–Crippen LogP) is 2.88. The molecule has 1 aliphatic heterocycles. The number of benzene rings is 1. The quantitative estimate of drug-likeness (QED) is 0.874. The van der Waals surface area contributed by atoms with Crippen molar-refractivity contribution in [2.75, 3.05) is 18.9 Å². The van der Waals surface area contributed by atoms with Crippen molar-refractivity contribution < 1.29 is 4.79 Å². The minimum Gasteiger partial charge on any atom is -0.325 e. The number of likely N-dealkylation sites (N-methyl/N-ethyl adjacent to an activating group) is 1. The zero-order chi connectivity index (χ0) is 14.2. The predicted molar refractivity (Wildman–Crippen MR) is 79.6 cm³/mol. The van der Waals surface area contributed by atoms with Crippen molar-refractivity contribution in [3.63, 3.8) is 0 Å². The highest BCUT2D eigenvalue weighted by atomic mass is 16.2. The van der Waals surface area contributed by atoms with Crippen molar-refractivity contribution in [3.05, 3.63) is 29.3 Å². The molecule has 104 valence electrons. The molecule has 0 spiro atoms. The van der Waals surface area contributed by atoms with Gasteiger partial charge in [0.1, 0.15) is 0 Å². The zero-order valence-corrected chi connectivity index (χ0v) is 12.5. The number of hydrogen-bond donors (Lipinski definition) is 2. The summed E-state index contributed by atoms with van der Waals surface area (Å²) < 4.78 is 0. The number of hydrogen-bond acceptors (Lipinski definition) is 2. The molecule has 1 amide bonds. The number of carbonyl (C=O) groups is 1. The van der Waals surface area contributed by atoms with E-state index in [0.29, 0.717) is 11.8 Å². The molecular formula is C16H24N2O. The van der Waals surface area contributed by atoms with Crippen molar-refractivity contribution in [2.45, 2.75) is 39.0 Å². The molecule has 0 radical (unpaired) electrons. The van der Waals surface area contributed by atoms with E-state index < -0.39 is 5.41 Å². The molecule has 1 aromatic rings. The minimum absolute atomic E-state index is 0.0920. The SMILES string of the molecule is CNCC(c1ccc2c(c1)C(C)(C)C(=O)N2)C(C)C. The summed E-state index contributed by atoms with van der Waals surface area (Å²) in [5, 5.41) is 6.22. The van der Waals surface area contributed by atoms with Crippen molar-refractivity contribution in [1.29, 1.82) is 0 Å². The number of anilines is 1. The molecule has 0 aromatic heterocycles. The first-order valence-electron chi connectivity index (χ1n) is 6.98. The van der Waals surface area contributed by atoms with Gasteiger partial charge >= 0.3 is 0 Å². The van der Waals surface area contributed by atoms with E-state index in [-0.39, 0.29) is 5.91 Å². The van der Waals surface area contributed by atoms with Crippen LogP contribution < -0.4 is 10.6 Å². The summed E-state index contributed by atoms with van der Waals surface area (Å²) >= 11 is 0. The van der Waals surface area contributed by atoms with Gasteiger partial charge in [0.2, 0.25) is 5.91 Å². The van der Waals surface area contributed by atoms with E-state index in [0.717, 1.165) is 17.8 Å². The van der Waals surface area contributed by atoms with Crippen LogP contribution in [0, 0.1) is 5.92 Å². The molecule has 2 rings (SSSR count). The van der Waals surface area contributed by atoms with Gasteiger partial charge in [-0.25, -0.2) is 0 Å². The Balaban J connectivity index is 2.41. The Kier molecular flexibility index (Phi) is 3.68. The summed E-state index contributed by atoms with van der Waals surface area (Å²) in [4.78, 5) is 12.0. The first-order valence-corrected chi connectivity index (χ1v) is 6.98. The van der Waals surface area contributed by atoms with Crippen LogP contribution in [-0.2, 0) is 10.2 Å². The second-order valence-corrected chi connectivity index (χ2v) is 6.29. The zero-order valence-electron chi connectivity index (χ0n) is 12.5. The van der Waals surface area contributed by atoms with Crippen molar-refractivity contribution >= 4 is 11.6 Å². The lowest BCUT2D eigenvalue weighted by atomic mass is 9.81. The van der Waals surface area contributed by atoms with Crippen LogP contribution in [0.25, 0.3) is 0 Å².